The van der Waals surface area contributed by atoms with Gasteiger partial charge in [-0.15, -0.1) is 11.8 Å². The second-order valence-electron chi connectivity index (χ2n) is 4.35. The molecule has 0 aliphatic heterocycles. The maximum atomic E-state index is 5.93. The lowest BCUT2D eigenvalue weighted by Gasteiger charge is -2.07. The molecule has 1 saturated carbocycles. The molecule has 0 amide bonds. The summed E-state index contributed by atoms with van der Waals surface area (Å²) < 4.78 is 2.30. The van der Waals surface area contributed by atoms with Crippen molar-refractivity contribution in [2.75, 3.05) is 5.73 Å². The maximum Gasteiger partial charge on any atom is 0.0951 e. The average molecular weight is 245 g/mol. The normalized spacial score (nSPS) is 15.1. The van der Waals surface area contributed by atoms with Gasteiger partial charge in [-0.3, -0.25) is 0 Å². The minimum Gasteiger partial charge on any atom is -0.398 e. The Morgan fingerprint density at radius 2 is 2.18 bits per heavy atom. The van der Waals surface area contributed by atoms with Gasteiger partial charge in [0.05, 0.1) is 6.33 Å². The monoisotopic (exact) mass is 245 g/mol. The highest BCUT2D eigenvalue weighted by atomic mass is 32.2. The van der Waals surface area contributed by atoms with E-state index in [9.17, 15) is 0 Å². The number of rotatable bonds is 4. The van der Waals surface area contributed by atoms with Gasteiger partial charge in [0.2, 0.25) is 0 Å². The molecular formula is C13H15N3S. The third kappa shape index (κ3) is 2.31. The van der Waals surface area contributed by atoms with E-state index in [1.807, 2.05) is 30.7 Å². The van der Waals surface area contributed by atoms with Crippen molar-refractivity contribution < 1.29 is 0 Å². The fourth-order valence-electron chi connectivity index (χ4n) is 1.89. The van der Waals surface area contributed by atoms with Crippen LogP contribution in [0, 0.1) is 0 Å². The van der Waals surface area contributed by atoms with Crippen molar-refractivity contribution in [3.8, 4) is 0 Å². The highest BCUT2D eigenvalue weighted by Crippen LogP contribution is 2.37. The highest BCUT2D eigenvalue weighted by molar-refractivity contribution is 7.98. The SMILES string of the molecule is Nc1ccccc1SCc1cncn1C1CC1. The van der Waals surface area contributed by atoms with Crippen molar-refractivity contribution in [2.45, 2.75) is 29.5 Å². The van der Waals surface area contributed by atoms with Crippen LogP contribution in [0.1, 0.15) is 24.6 Å². The van der Waals surface area contributed by atoms with Crippen molar-refractivity contribution >= 4 is 17.4 Å². The van der Waals surface area contributed by atoms with Crippen LogP contribution in [0.5, 0.6) is 0 Å². The predicted octanol–water partition coefficient (Wildman–Crippen LogP) is 3.09. The van der Waals surface area contributed by atoms with E-state index in [0.29, 0.717) is 6.04 Å². The number of nitrogens with zero attached hydrogens (tertiary/aromatic N) is 2. The molecule has 0 spiro atoms. The number of nitrogen functional groups attached to an aromatic ring is 1. The number of nitrogens with two attached hydrogens (primary N) is 1. The fraction of sp³-hybridized carbons (Fsp3) is 0.308. The Morgan fingerprint density at radius 3 is 2.94 bits per heavy atom. The van der Waals surface area contributed by atoms with Crippen molar-refractivity contribution in [3.05, 3.63) is 42.5 Å². The summed E-state index contributed by atoms with van der Waals surface area (Å²) in [4.78, 5) is 5.39. The molecule has 1 heterocycles. The number of hydrogen-bond donors (Lipinski definition) is 1. The third-order valence-corrected chi connectivity index (χ3v) is 4.10. The van der Waals surface area contributed by atoms with Gasteiger partial charge in [-0.2, -0.15) is 0 Å². The van der Waals surface area contributed by atoms with Crippen LogP contribution in [0.25, 0.3) is 0 Å². The van der Waals surface area contributed by atoms with Gasteiger partial charge in [-0.1, -0.05) is 12.1 Å². The Labute approximate surface area is 105 Å². The molecule has 2 aromatic rings. The number of hydrogen-bond acceptors (Lipinski definition) is 3. The number of anilines is 1. The van der Waals surface area contributed by atoms with E-state index in [0.717, 1.165) is 16.3 Å². The lowest BCUT2D eigenvalue weighted by molar-refractivity contribution is 0.714. The van der Waals surface area contributed by atoms with E-state index >= 15 is 0 Å². The Morgan fingerprint density at radius 1 is 1.35 bits per heavy atom. The van der Waals surface area contributed by atoms with Crippen LogP contribution < -0.4 is 5.73 Å². The van der Waals surface area contributed by atoms with Gasteiger partial charge >= 0.3 is 0 Å². The number of thioether (sulfide) groups is 1. The van der Waals surface area contributed by atoms with Crippen LogP contribution in [0.15, 0.2) is 41.7 Å². The van der Waals surface area contributed by atoms with E-state index in [4.69, 9.17) is 5.73 Å². The van der Waals surface area contributed by atoms with Gasteiger partial charge in [-0.05, 0) is 25.0 Å². The molecule has 17 heavy (non-hydrogen) atoms. The largest absolute Gasteiger partial charge is 0.398 e. The maximum absolute atomic E-state index is 5.93. The third-order valence-electron chi connectivity index (χ3n) is 2.98. The molecule has 2 N–H and O–H groups in total. The van der Waals surface area contributed by atoms with Crippen molar-refractivity contribution in [1.29, 1.82) is 0 Å². The number of aromatic nitrogens is 2. The van der Waals surface area contributed by atoms with Crippen LogP contribution in [-0.4, -0.2) is 9.55 Å². The topological polar surface area (TPSA) is 43.8 Å². The molecule has 1 aliphatic rings. The standard InChI is InChI=1S/C13H15N3S/c14-12-3-1-2-4-13(12)17-8-11-7-15-9-16(11)10-5-6-10/h1-4,7,9-10H,5-6,8,14H2. The Bertz CT molecular complexity index is 517. The molecule has 88 valence electrons. The summed E-state index contributed by atoms with van der Waals surface area (Å²) in [5, 5.41) is 0. The summed E-state index contributed by atoms with van der Waals surface area (Å²) in [6.45, 7) is 0. The smallest absolute Gasteiger partial charge is 0.0951 e. The summed E-state index contributed by atoms with van der Waals surface area (Å²) in [5.74, 6) is 0.935. The quantitative estimate of drug-likeness (QED) is 0.665. The summed E-state index contributed by atoms with van der Waals surface area (Å²) in [5.41, 5.74) is 8.08. The first-order chi connectivity index (χ1) is 8.34. The lowest BCUT2D eigenvalue weighted by atomic mass is 10.3. The molecule has 0 radical (unpaired) electrons. The summed E-state index contributed by atoms with van der Waals surface area (Å²) in [6.07, 6.45) is 6.50. The van der Waals surface area contributed by atoms with Gasteiger partial charge < -0.3 is 10.3 Å². The van der Waals surface area contributed by atoms with Gasteiger partial charge in [0.15, 0.2) is 0 Å². The van der Waals surface area contributed by atoms with Crippen molar-refractivity contribution in [1.82, 2.24) is 9.55 Å². The predicted molar refractivity (Wildman–Crippen MR) is 70.9 cm³/mol. The molecule has 1 aromatic carbocycles. The molecular weight excluding hydrogens is 230 g/mol. The van der Waals surface area contributed by atoms with E-state index in [-0.39, 0.29) is 0 Å². The fourth-order valence-corrected chi connectivity index (χ4v) is 2.83. The van der Waals surface area contributed by atoms with Crippen LogP contribution in [-0.2, 0) is 5.75 Å². The molecule has 4 heteroatoms. The van der Waals surface area contributed by atoms with Crippen molar-refractivity contribution in [2.24, 2.45) is 0 Å². The van der Waals surface area contributed by atoms with Crippen molar-refractivity contribution in [3.63, 3.8) is 0 Å². The zero-order valence-corrected chi connectivity index (χ0v) is 10.4. The second kappa shape index (κ2) is 4.45. The molecule has 0 unspecified atom stereocenters. The summed E-state index contributed by atoms with van der Waals surface area (Å²) in [6, 6.07) is 8.70. The summed E-state index contributed by atoms with van der Waals surface area (Å²) in [7, 11) is 0. The first-order valence-electron chi connectivity index (χ1n) is 5.82. The van der Waals surface area contributed by atoms with E-state index < -0.39 is 0 Å². The van der Waals surface area contributed by atoms with Gasteiger partial charge in [0.25, 0.3) is 0 Å². The Kier molecular flexibility index (Phi) is 2.81. The zero-order valence-electron chi connectivity index (χ0n) is 9.54. The lowest BCUT2D eigenvalue weighted by Crippen LogP contribution is -1.97. The van der Waals surface area contributed by atoms with Crippen LogP contribution >= 0.6 is 11.8 Å². The Balaban J connectivity index is 1.71. The minimum atomic E-state index is 0.696. The van der Waals surface area contributed by atoms with E-state index in [2.05, 4.69) is 15.6 Å². The molecule has 0 atom stereocenters. The van der Waals surface area contributed by atoms with E-state index in [1.54, 1.807) is 11.8 Å². The molecule has 1 aromatic heterocycles. The molecule has 3 rings (SSSR count). The molecule has 3 nitrogen and oxygen atoms in total. The number of imidazole rings is 1. The second-order valence-corrected chi connectivity index (χ2v) is 5.37. The highest BCUT2D eigenvalue weighted by Gasteiger charge is 2.25. The first kappa shape index (κ1) is 10.7. The average Bonchev–Trinajstić information content (AvgIpc) is 3.08. The van der Waals surface area contributed by atoms with Gasteiger partial charge in [0, 0.05) is 34.3 Å². The number of benzene rings is 1. The molecule has 0 bridgehead atoms. The minimum absolute atomic E-state index is 0.696. The summed E-state index contributed by atoms with van der Waals surface area (Å²) >= 11 is 1.78. The number of para-hydroxylation sites is 1. The zero-order chi connectivity index (χ0) is 11.7. The van der Waals surface area contributed by atoms with E-state index in [1.165, 1.54) is 18.5 Å². The van der Waals surface area contributed by atoms with Gasteiger partial charge in [0.1, 0.15) is 0 Å². The molecule has 1 aliphatic carbocycles. The van der Waals surface area contributed by atoms with Crippen LogP contribution in [0.2, 0.25) is 0 Å². The van der Waals surface area contributed by atoms with Gasteiger partial charge in [-0.25, -0.2) is 4.98 Å². The molecule has 1 fully saturated rings. The molecule has 0 saturated heterocycles. The van der Waals surface area contributed by atoms with Crippen LogP contribution in [0.3, 0.4) is 0 Å². The Hall–Kier alpha value is -1.42. The first-order valence-corrected chi connectivity index (χ1v) is 6.81. The van der Waals surface area contributed by atoms with Crippen LogP contribution in [0.4, 0.5) is 5.69 Å².